The lowest BCUT2D eigenvalue weighted by Crippen LogP contribution is -2.44. The topological polar surface area (TPSA) is 79.3 Å². The van der Waals surface area contributed by atoms with Crippen LogP contribution in [0.2, 0.25) is 0 Å². The summed E-state index contributed by atoms with van der Waals surface area (Å²) in [4.78, 5) is 41.9. The summed E-state index contributed by atoms with van der Waals surface area (Å²) in [6.07, 6.45) is 5.12. The zero-order chi connectivity index (χ0) is 18.8. The Morgan fingerprint density at radius 1 is 1.33 bits per heavy atom. The van der Waals surface area contributed by atoms with Crippen molar-refractivity contribution in [3.63, 3.8) is 0 Å². The molecular formula is C18H21N5O2S2. The lowest BCUT2D eigenvalue weighted by atomic mass is 9.97. The van der Waals surface area contributed by atoms with Gasteiger partial charge in [0.15, 0.2) is 0 Å². The van der Waals surface area contributed by atoms with Crippen LogP contribution in [0.4, 0.5) is 0 Å². The second-order valence-electron chi connectivity index (χ2n) is 6.79. The van der Waals surface area contributed by atoms with E-state index in [0.717, 1.165) is 47.2 Å². The van der Waals surface area contributed by atoms with Gasteiger partial charge in [-0.25, -0.2) is 15.0 Å². The molecule has 2 fully saturated rings. The number of thiazole rings is 1. The van der Waals surface area contributed by atoms with Gasteiger partial charge in [-0.1, -0.05) is 0 Å². The minimum atomic E-state index is 0.0568. The molecule has 0 atom stereocenters. The molecule has 0 aliphatic carbocycles. The van der Waals surface area contributed by atoms with Gasteiger partial charge >= 0.3 is 0 Å². The summed E-state index contributed by atoms with van der Waals surface area (Å²) in [5.41, 5.74) is 1.91. The highest BCUT2D eigenvalue weighted by molar-refractivity contribution is 8.00. The second-order valence-corrected chi connectivity index (χ2v) is 8.77. The molecule has 0 N–H and O–H groups in total. The molecule has 2 aromatic rings. The molecule has 0 bridgehead atoms. The summed E-state index contributed by atoms with van der Waals surface area (Å²) in [7, 11) is 0. The van der Waals surface area contributed by atoms with Crippen LogP contribution >= 0.6 is 23.1 Å². The number of amides is 2. The number of piperidine rings is 1. The second kappa shape index (κ2) is 7.93. The van der Waals surface area contributed by atoms with Crippen molar-refractivity contribution in [1.29, 1.82) is 0 Å². The van der Waals surface area contributed by atoms with Crippen molar-refractivity contribution >= 4 is 34.9 Å². The third kappa shape index (κ3) is 3.98. The molecular weight excluding hydrogens is 382 g/mol. The van der Waals surface area contributed by atoms with Crippen LogP contribution < -0.4 is 0 Å². The number of aromatic nitrogens is 3. The first kappa shape index (κ1) is 18.4. The molecule has 4 heterocycles. The first-order valence-electron chi connectivity index (χ1n) is 8.99. The molecule has 0 radical (unpaired) electrons. The van der Waals surface area contributed by atoms with E-state index < -0.39 is 0 Å². The predicted molar refractivity (Wildman–Crippen MR) is 105 cm³/mol. The molecule has 0 unspecified atom stereocenters. The Balaban J connectivity index is 1.37. The smallest absolute Gasteiger partial charge is 0.242 e. The average Bonchev–Trinajstić information content (AvgIpc) is 3.28. The van der Waals surface area contributed by atoms with Gasteiger partial charge in [0, 0.05) is 25.2 Å². The van der Waals surface area contributed by atoms with E-state index >= 15 is 0 Å². The minimum absolute atomic E-state index is 0.0568. The molecule has 2 aliphatic heterocycles. The van der Waals surface area contributed by atoms with Crippen LogP contribution in [-0.2, 0) is 9.59 Å². The lowest BCUT2D eigenvalue weighted by Gasteiger charge is -2.32. The number of likely N-dealkylation sites (tertiary alicyclic amines) is 1. The van der Waals surface area contributed by atoms with Crippen molar-refractivity contribution in [2.45, 2.75) is 25.7 Å². The monoisotopic (exact) mass is 403 g/mol. The minimum Gasteiger partial charge on any atom is -0.341 e. The first-order chi connectivity index (χ1) is 13.1. The number of hydrogen-bond donors (Lipinski definition) is 0. The zero-order valence-electron chi connectivity index (χ0n) is 15.1. The maximum absolute atomic E-state index is 12.5. The number of rotatable bonds is 4. The summed E-state index contributed by atoms with van der Waals surface area (Å²) < 4.78 is 0. The number of aryl methyl sites for hydroxylation is 1. The quantitative estimate of drug-likeness (QED) is 0.778. The molecule has 2 aliphatic rings. The van der Waals surface area contributed by atoms with E-state index in [0.29, 0.717) is 17.5 Å². The van der Waals surface area contributed by atoms with Gasteiger partial charge in [-0.3, -0.25) is 9.59 Å². The standard InChI is InChI=1S/C18H21N5O2S2/c1-12-17(14-2-5-19-10-20-14)27-18(21-12)13-3-6-22(7-4-13)15(24)8-23-11-26-9-16(23)25/h2,5,10,13H,3-4,6-9,11H2,1H3. The Morgan fingerprint density at radius 3 is 2.81 bits per heavy atom. The number of carbonyl (C=O) groups is 2. The molecule has 2 amide bonds. The van der Waals surface area contributed by atoms with Crippen LogP contribution in [0.5, 0.6) is 0 Å². The van der Waals surface area contributed by atoms with Gasteiger partial charge in [-0.15, -0.1) is 23.1 Å². The summed E-state index contributed by atoms with van der Waals surface area (Å²) in [5, 5.41) is 1.12. The fraction of sp³-hybridized carbons (Fsp3) is 0.500. The van der Waals surface area contributed by atoms with Crippen molar-refractivity contribution in [1.82, 2.24) is 24.8 Å². The molecule has 0 saturated carbocycles. The predicted octanol–water partition coefficient (Wildman–Crippen LogP) is 2.15. The summed E-state index contributed by atoms with van der Waals surface area (Å²) in [5.74, 6) is 1.62. The first-order valence-corrected chi connectivity index (χ1v) is 11.0. The fourth-order valence-corrected chi connectivity index (χ4v) is 5.55. The Kier molecular flexibility index (Phi) is 5.40. The third-order valence-corrected chi connectivity index (χ3v) is 7.26. The van der Waals surface area contributed by atoms with Crippen LogP contribution in [0.1, 0.15) is 29.5 Å². The van der Waals surface area contributed by atoms with Gasteiger partial charge in [0.25, 0.3) is 0 Å². The highest BCUT2D eigenvalue weighted by Crippen LogP contribution is 2.36. The molecule has 0 aromatic carbocycles. The van der Waals surface area contributed by atoms with E-state index in [1.54, 1.807) is 40.5 Å². The normalized spacial score (nSPS) is 18.3. The van der Waals surface area contributed by atoms with Crippen LogP contribution in [0.15, 0.2) is 18.6 Å². The number of hydrogen-bond acceptors (Lipinski definition) is 7. The van der Waals surface area contributed by atoms with Crippen LogP contribution in [0.25, 0.3) is 10.6 Å². The van der Waals surface area contributed by atoms with Crippen LogP contribution in [0, 0.1) is 6.92 Å². The molecule has 2 saturated heterocycles. The summed E-state index contributed by atoms with van der Waals surface area (Å²) >= 11 is 3.26. The highest BCUT2D eigenvalue weighted by atomic mass is 32.2. The molecule has 27 heavy (non-hydrogen) atoms. The van der Waals surface area contributed by atoms with E-state index in [4.69, 9.17) is 4.98 Å². The Morgan fingerprint density at radius 2 is 2.15 bits per heavy atom. The van der Waals surface area contributed by atoms with Gasteiger partial charge in [-0.05, 0) is 25.8 Å². The van der Waals surface area contributed by atoms with Crippen LogP contribution in [-0.4, -0.2) is 67.8 Å². The largest absolute Gasteiger partial charge is 0.341 e. The van der Waals surface area contributed by atoms with Crippen molar-refractivity contribution in [3.8, 4) is 10.6 Å². The third-order valence-electron chi connectivity index (χ3n) is 4.98. The number of thioether (sulfide) groups is 1. The van der Waals surface area contributed by atoms with Gasteiger partial charge in [0.05, 0.1) is 32.9 Å². The Labute approximate surface area is 166 Å². The molecule has 142 valence electrons. The van der Waals surface area contributed by atoms with Crippen molar-refractivity contribution in [2.75, 3.05) is 31.3 Å². The van der Waals surface area contributed by atoms with Crippen molar-refractivity contribution in [2.24, 2.45) is 0 Å². The van der Waals surface area contributed by atoms with Gasteiger partial charge in [0.1, 0.15) is 12.9 Å². The highest BCUT2D eigenvalue weighted by Gasteiger charge is 2.29. The molecule has 2 aromatic heterocycles. The maximum Gasteiger partial charge on any atom is 0.242 e. The van der Waals surface area contributed by atoms with E-state index in [-0.39, 0.29) is 18.4 Å². The van der Waals surface area contributed by atoms with Gasteiger partial charge < -0.3 is 9.80 Å². The van der Waals surface area contributed by atoms with Crippen molar-refractivity contribution in [3.05, 3.63) is 29.3 Å². The average molecular weight is 404 g/mol. The number of carbonyl (C=O) groups excluding carboxylic acids is 2. The van der Waals surface area contributed by atoms with E-state index in [1.165, 1.54) is 0 Å². The zero-order valence-corrected chi connectivity index (χ0v) is 16.8. The van der Waals surface area contributed by atoms with E-state index in [9.17, 15) is 9.59 Å². The fourth-order valence-electron chi connectivity index (χ4n) is 3.43. The molecule has 9 heteroatoms. The van der Waals surface area contributed by atoms with Gasteiger partial charge in [-0.2, -0.15) is 0 Å². The van der Waals surface area contributed by atoms with Crippen molar-refractivity contribution < 1.29 is 9.59 Å². The Bertz CT molecular complexity index is 834. The van der Waals surface area contributed by atoms with E-state index in [2.05, 4.69) is 9.97 Å². The summed E-state index contributed by atoms with van der Waals surface area (Å²) in [6.45, 7) is 3.67. The summed E-state index contributed by atoms with van der Waals surface area (Å²) in [6, 6.07) is 1.91. The van der Waals surface area contributed by atoms with Crippen LogP contribution in [0.3, 0.4) is 0 Å². The number of nitrogens with zero attached hydrogens (tertiary/aromatic N) is 5. The SMILES string of the molecule is Cc1nc(C2CCN(C(=O)CN3CSCC3=O)CC2)sc1-c1ccncn1. The van der Waals surface area contributed by atoms with E-state index in [1.807, 2.05) is 17.9 Å². The van der Waals surface area contributed by atoms with Gasteiger partial charge in [0.2, 0.25) is 11.8 Å². The Hall–Kier alpha value is -2.00. The molecule has 4 rings (SSSR count). The molecule has 7 nitrogen and oxygen atoms in total. The lowest BCUT2D eigenvalue weighted by molar-refractivity contribution is -0.138. The molecule has 0 spiro atoms. The maximum atomic E-state index is 12.5.